The molecule has 3 heterocycles. The highest BCUT2D eigenvalue weighted by Crippen LogP contribution is 2.32. The van der Waals surface area contributed by atoms with Gasteiger partial charge in [0.1, 0.15) is 23.2 Å². The van der Waals surface area contributed by atoms with E-state index < -0.39 is 23.7 Å². The van der Waals surface area contributed by atoms with E-state index in [1.54, 1.807) is 27.9 Å². The molecule has 2 aromatic heterocycles. The van der Waals surface area contributed by atoms with Crippen molar-refractivity contribution in [2.75, 3.05) is 32.6 Å². The summed E-state index contributed by atoms with van der Waals surface area (Å²) in [7, 11) is 5.80. The van der Waals surface area contributed by atoms with Gasteiger partial charge in [0, 0.05) is 49.2 Å². The molecule has 0 spiro atoms. The second-order valence-corrected chi connectivity index (χ2v) is 12.9. The Kier molecular flexibility index (Phi) is 9.81. The van der Waals surface area contributed by atoms with Gasteiger partial charge < -0.3 is 24.8 Å². The molecule has 2 unspecified atom stereocenters. The van der Waals surface area contributed by atoms with Crippen LogP contribution in [0.1, 0.15) is 44.9 Å². The Labute approximate surface area is 270 Å². The number of aryl methyl sites for hydroxylation is 2. The summed E-state index contributed by atoms with van der Waals surface area (Å²) in [6, 6.07) is 18.8. The van der Waals surface area contributed by atoms with Crippen LogP contribution in [0.3, 0.4) is 0 Å². The van der Waals surface area contributed by atoms with Crippen molar-refractivity contribution in [3.05, 3.63) is 71.9 Å². The highest BCUT2D eigenvalue weighted by molar-refractivity contribution is 5.96. The van der Waals surface area contributed by atoms with Gasteiger partial charge in [0.25, 0.3) is 0 Å². The number of nitrogens with one attached hydrogen (secondary N) is 1. The van der Waals surface area contributed by atoms with E-state index in [0.717, 1.165) is 59.5 Å². The van der Waals surface area contributed by atoms with E-state index in [1.165, 1.54) is 10.5 Å². The molecule has 2 N–H and O–H groups in total. The number of fused-ring (bicyclic) bond motifs is 1. The average Bonchev–Trinajstić information content (AvgIpc) is 3.57. The van der Waals surface area contributed by atoms with Gasteiger partial charge in [-0.1, -0.05) is 30.3 Å². The van der Waals surface area contributed by atoms with Gasteiger partial charge in [0.05, 0.1) is 18.3 Å². The zero-order valence-corrected chi connectivity index (χ0v) is 27.5. The number of carbonyl (C=O) groups is 2. The number of nitrogens with zero attached hydrogens (tertiary/aromatic N) is 5. The molecule has 1 amide bonds. The summed E-state index contributed by atoms with van der Waals surface area (Å²) < 4.78 is 12.7. The van der Waals surface area contributed by atoms with Gasteiger partial charge in [-0.25, -0.2) is 14.6 Å². The van der Waals surface area contributed by atoms with Crippen molar-refractivity contribution in [1.29, 1.82) is 0 Å². The molecule has 0 radical (unpaired) electrons. The minimum atomic E-state index is -1.06. The molecule has 1 aliphatic rings. The van der Waals surface area contributed by atoms with E-state index in [-0.39, 0.29) is 19.0 Å². The molecule has 0 bridgehead atoms. The van der Waals surface area contributed by atoms with Crippen LogP contribution in [-0.2, 0) is 29.5 Å². The van der Waals surface area contributed by atoms with Crippen LogP contribution in [0.15, 0.2) is 60.7 Å². The fourth-order valence-electron chi connectivity index (χ4n) is 6.02. The molecule has 1 fully saturated rings. The summed E-state index contributed by atoms with van der Waals surface area (Å²) in [6.45, 7) is 7.27. The summed E-state index contributed by atoms with van der Waals surface area (Å²) in [4.78, 5) is 33.3. The van der Waals surface area contributed by atoms with Crippen LogP contribution in [0, 0.1) is 0 Å². The van der Waals surface area contributed by atoms with Crippen LogP contribution in [0.5, 0.6) is 5.75 Å². The summed E-state index contributed by atoms with van der Waals surface area (Å²) in [5, 5.41) is 19.1. The minimum Gasteiger partial charge on any atom is -0.497 e. The number of ether oxygens (including phenoxy) is 2. The number of methoxy groups -OCH3 is 1. The van der Waals surface area contributed by atoms with Gasteiger partial charge in [-0.05, 0) is 83.1 Å². The van der Waals surface area contributed by atoms with Crippen molar-refractivity contribution in [2.24, 2.45) is 7.05 Å². The summed E-state index contributed by atoms with van der Waals surface area (Å²) in [6.07, 6.45) is 1.43. The van der Waals surface area contributed by atoms with Crippen molar-refractivity contribution in [3.63, 3.8) is 0 Å². The summed E-state index contributed by atoms with van der Waals surface area (Å²) in [5.74, 6) is 0.413. The third-order valence-corrected chi connectivity index (χ3v) is 8.14. The maximum absolute atomic E-state index is 12.8. The Bertz CT molecular complexity index is 1680. The Balaban J connectivity index is 1.29. The lowest BCUT2D eigenvalue weighted by Gasteiger charge is -2.26. The molecule has 0 saturated carbocycles. The first-order valence-electron chi connectivity index (χ1n) is 15.6. The number of pyridine rings is 1. The van der Waals surface area contributed by atoms with Crippen LogP contribution < -0.4 is 10.1 Å². The van der Waals surface area contributed by atoms with Crippen molar-refractivity contribution < 1.29 is 24.2 Å². The first-order valence-corrected chi connectivity index (χ1v) is 15.6. The van der Waals surface area contributed by atoms with Crippen LogP contribution in [0.25, 0.3) is 22.2 Å². The SMILES string of the molecule is COc1ccc(CN(C)CCCc2c3c(-c4cccc(NC5CC(C(=O)O)N(C(=O)OC(C)(C)C)C5)n4)cccc3nn2C)cc1. The molecule has 11 heteroatoms. The lowest BCUT2D eigenvalue weighted by atomic mass is 10.0. The molecular formula is C35H44N6O5. The molecular weight excluding hydrogens is 584 g/mol. The van der Waals surface area contributed by atoms with Gasteiger partial charge in [0.15, 0.2) is 0 Å². The number of rotatable bonds is 11. The molecule has 2 atom stereocenters. The second kappa shape index (κ2) is 13.8. The lowest BCUT2D eigenvalue weighted by molar-refractivity contribution is -0.142. The molecule has 1 aliphatic heterocycles. The van der Waals surface area contributed by atoms with E-state index >= 15 is 0 Å². The predicted octanol–water partition coefficient (Wildman–Crippen LogP) is 5.58. The van der Waals surface area contributed by atoms with Gasteiger partial charge in [-0.2, -0.15) is 5.10 Å². The summed E-state index contributed by atoms with van der Waals surface area (Å²) >= 11 is 0. The Hall–Kier alpha value is -4.64. The van der Waals surface area contributed by atoms with Crippen LogP contribution in [0.4, 0.5) is 10.6 Å². The number of hydrogen-bond donors (Lipinski definition) is 2. The Morgan fingerprint density at radius 1 is 1.09 bits per heavy atom. The van der Waals surface area contributed by atoms with E-state index in [2.05, 4.69) is 35.5 Å². The van der Waals surface area contributed by atoms with E-state index in [4.69, 9.17) is 19.6 Å². The van der Waals surface area contributed by atoms with Crippen LogP contribution in [-0.4, -0.2) is 86.7 Å². The average molecular weight is 629 g/mol. The quantitative estimate of drug-likeness (QED) is 0.219. The van der Waals surface area contributed by atoms with E-state index in [9.17, 15) is 14.7 Å². The van der Waals surface area contributed by atoms with Gasteiger partial charge >= 0.3 is 12.1 Å². The number of benzene rings is 2. The number of likely N-dealkylation sites (tertiary alicyclic amines) is 1. The maximum Gasteiger partial charge on any atom is 0.411 e. The van der Waals surface area contributed by atoms with E-state index in [1.807, 2.05) is 54.2 Å². The number of carboxylic acids is 1. The van der Waals surface area contributed by atoms with Crippen LogP contribution in [0.2, 0.25) is 0 Å². The maximum atomic E-state index is 12.8. The number of hydrogen-bond acceptors (Lipinski definition) is 8. The number of aliphatic carboxylic acids is 1. The van der Waals surface area contributed by atoms with Crippen molar-refractivity contribution in [1.82, 2.24) is 24.6 Å². The number of amides is 1. The largest absolute Gasteiger partial charge is 0.497 e. The normalized spacial score (nSPS) is 16.6. The highest BCUT2D eigenvalue weighted by atomic mass is 16.6. The number of aromatic nitrogens is 3. The molecule has 0 aliphatic carbocycles. The fraction of sp³-hybridized carbons (Fsp3) is 0.429. The van der Waals surface area contributed by atoms with Gasteiger partial charge in [0.2, 0.25) is 0 Å². The topological polar surface area (TPSA) is 122 Å². The van der Waals surface area contributed by atoms with Crippen molar-refractivity contribution in [3.8, 4) is 17.0 Å². The lowest BCUT2D eigenvalue weighted by Crippen LogP contribution is -2.43. The Morgan fingerprint density at radius 3 is 2.52 bits per heavy atom. The predicted molar refractivity (Wildman–Crippen MR) is 178 cm³/mol. The highest BCUT2D eigenvalue weighted by Gasteiger charge is 2.41. The molecule has 244 valence electrons. The number of anilines is 1. The number of carboxylic acid groups (broad SMARTS) is 1. The van der Waals surface area contributed by atoms with Crippen molar-refractivity contribution in [2.45, 2.75) is 64.3 Å². The zero-order valence-electron chi connectivity index (χ0n) is 27.5. The third kappa shape index (κ3) is 7.77. The first-order chi connectivity index (χ1) is 21.9. The Morgan fingerprint density at radius 2 is 1.83 bits per heavy atom. The molecule has 11 nitrogen and oxygen atoms in total. The monoisotopic (exact) mass is 628 g/mol. The standard InChI is InChI=1S/C35H44N6O5/c1-35(2,3)46-34(44)41-22-24(20-30(41)33(42)43)36-31-14-8-11-27(37-31)26-10-7-12-28-32(26)29(40(5)38-28)13-9-19-39(4)21-23-15-17-25(45-6)18-16-23/h7-8,10-12,14-18,24,30H,9,13,19-22H2,1-6H3,(H,36,37)(H,42,43). The zero-order chi connectivity index (χ0) is 33.0. The molecule has 4 aromatic rings. The van der Waals surface area contributed by atoms with Gasteiger partial charge in [-0.15, -0.1) is 0 Å². The van der Waals surface area contributed by atoms with Gasteiger partial charge in [-0.3, -0.25) is 9.58 Å². The second-order valence-electron chi connectivity index (χ2n) is 12.9. The van der Waals surface area contributed by atoms with E-state index in [0.29, 0.717) is 5.82 Å². The van der Waals surface area contributed by atoms with Crippen molar-refractivity contribution >= 4 is 28.8 Å². The van der Waals surface area contributed by atoms with Crippen LogP contribution >= 0.6 is 0 Å². The molecule has 46 heavy (non-hydrogen) atoms. The number of carbonyl (C=O) groups excluding carboxylic acids is 1. The molecule has 1 saturated heterocycles. The third-order valence-electron chi connectivity index (χ3n) is 8.14. The fourth-order valence-corrected chi connectivity index (χ4v) is 6.02. The minimum absolute atomic E-state index is 0.201. The molecule has 2 aromatic carbocycles. The smallest absolute Gasteiger partial charge is 0.411 e. The first kappa shape index (κ1) is 32.7. The summed E-state index contributed by atoms with van der Waals surface area (Å²) in [5.41, 5.74) is 4.36. The molecule has 5 rings (SSSR count).